The molecule has 0 unspecified atom stereocenters. The minimum absolute atomic E-state index is 0.00191. The highest BCUT2D eigenvalue weighted by atomic mass is 35.5. The first-order valence-corrected chi connectivity index (χ1v) is 7.78. The molecule has 4 nitrogen and oxygen atoms in total. The minimum Gasteiger partial charge on any atom is -0.310 e. The molecule has 1 aliphatic rings. The summed E-state index contributed by atoms with van der Waals surface area (Å²) in [5.41, 5.74) is 2.91. The van der Waals surface area contributed by atoms with Crippen molar-refractivity contribution in [1.29, 1.82) is 0 Å². The fourth-order valence-electron chi connectivity index (χ4n) is 2.97. The van der Waals surface area contributed by atoms with E-state index in [1.807, 2.05) is 59.2 Å². The van der Waals surface area contributed by atoms with E-state index in [0.29, 0.717) is 11.4 Å². The number of imidazole rings is 1. The largest absolute Gasteiger partial charge is 0.310 e. The van der Waals surface area contributed by atoms with Gasteiger partial charge in [0.25, 0.3) is 0 Å². The van der Waals surface area contributed by atoms with Crippen LogP contribution in [0.15, 0.2) is 60.9 Å². The molecule has 0 fully saturated rings. The first kappa shape index (κ1) is 14.0. The van der Waals surface area contributed by atoms with E-state index in [-0.39, 0.29) is 11.8 Å². The molecule has 2 heterocycles. The van der Waals surface area contributed by atoms with Crippen LogP contribution in [0.25, 0.3) is 5.69 Å². The SMILES string of the molecule is O=C1C[C@H](c2ccccc2)c2ncn(-c3ccc(Cl)cc3)c2N1. The van der Waals surface area contributed by atoms with Crippen molar-refractivity contribution < 1.29 is 4.79 Å². The zero-order chi connectivity index (χ0) is 15.8. The van der Waals surface area contributed by atoms with Gasteiger partial charge >= 0.3 is 0 Å². The third-order valence-corrected chi connectivity index (χ3v) is 4.33. The fourth-order valence-corrected chi connectivity index (χ4v) is 3.09. The average molecular weight is 324 g/mol. The van der Waals surface area contributed by atoms with Crippen molar-refractivity contribution in [2.75, 3.05) is 5.32 Å². The van der Waals surface area contributed by atoms with Gasteiger partial charge in [-0.1, -0.05) is 41.9 Å². The summed E-state index contributed by atoms with van der Waals surface area (Å²) in [5.74, 6) is 0.716. The number of halogens is 1. The van der Waals surface area contributed by atoms with Gasteiger partial charge in [0.1, 0.15) is 12.1 Å². The molecular formula is C18H14ClN3O. The Morgan fingerprint density at radius 1 is 1.09 bits per heavy atom. The van der Waals surface area contributed by atoms with Crippen LogP contribution in [-0.4, -0.2) is 15.5 Å². The predicted octanol–water partition coefficient (Wildman–Crippen LogP) is 4.00. The van der Waals surface area contributed by atoms with Gasteiger partial charge < -0.3 is 5.32 Å². The number of amides is 1. The van der Waals surface area contributed by atoms with Crippen molar-refractivity contribution in [3.05, 3.63) is 77.2 Å². The highest BCUT2D eigenvalue weighted by molar-refractivity contribution is 6.30. The lowest BCUT2D eigenvalue weighted by atomic mass is 9.90. The molecule has 1 N–H and O–H groups in total. The number of fused-ring (bicyclic) bond motifs is 1. The molecule has 5 heteroatoms. The molecule has 4 rings (SSSR count). The van der Waals surface area contributed by atoms with E-state index in [2.05, 4.69) is 10.3 Å². The van der Waals surface area contributed by atoms with Gasteiger partial charge in [0.05, 0.1) is 5.69 Å². The van der Waals surface area contributed by atoms with Crippen LogP contribution in [0.1, 0.15) is 23.6 Å². The van der Waals surface area contributed by atoms with Gasteiger partial charge in [-0.3, -0.25) is 9.36 Å². The normalized spacial score (nSPS) is 16.7. The molecule has 2 aromatic carbocycles. The maximum atomic E-state index is 12.2. The Bertz CT molecular complexity index is 856. The molecule has 0 bridgehead atoms. The Hall–Kier alpha value is -2.59. The third-order valence-electron chi connectivity index (χ3n) is 4.08. The summed E-state index contributed by atoms with van der Waals surface area (Å²) in [6, 6.07) is 17.5. The lowest BCUT2D eigenvalue weighted by Crippen LogP contribution is -2.24. The Morgan fingerprint density at radius 2 is 1.83 bits per heavy atom. The van der Waals surface area contributed by atoms with E-state index in [1.54, 1.807) is 6.33 Å². The van der Waals surface area contributed by atoms with Crippen molar-refractivity contribution in [1.82, 2.24) is 9.55 Å². The number of rotatable bonds is 2. The summed E-state index contributed by atoms with van der Waals surface area (Å²) < 4.78 is 1.89. The number of hydrogen-bond donors (Lipinski definition) is 1. The average Bonchev–Trinajstić information content (AvgIpc) is 2.99. The van der Waals surface area contributed by atoms with Crippen LogP contribution in [0.4, 0.5) is 5.82 Å². The van der Waals surface area contributed by atoms with Gasteiger partial charge in [-0.25, -0.2) is 4.98 Å². The second-order valence-corrected chi connectivity index (χ2v) is 5.98. The molecule has 1 aliphatic heterocycles. The first-order valence-electron chi connectivity index (χ1n) is 7.40. The van der Waals surface area contributed by atoms with Crippen molar-refractivity contribution >= 4 is 23.3 Å². The number of aromatic nitrogens is 2. The van der Waals surface area contributed by atoms with Gasteiger partial charge in [-0.05, 0) is 29.8 Å². The first-order chi connectivity index (χ1) is 11.2. The second kappa shape index (κ2) is 5.56. The molecule has 0 aliphatic carbocycles. The van der Waals surface area contributed by atoms with Gasteiger partial charge in [-0.2, -0.15) is 0 Å². The Morgan fingerprint density at radius 3 is 2.57 bits per heavy atom. The summed E-state index contributed by atoms with van der Waals surface area (Å²) >= 11 is 5.95. The number of benzene rings is 2. The van der Waals surface area contributed by atoms with Crippen LogP contribution < -0.4 is 5.32 Å². The van der Waals surface area contributed by atoms with Gasteiger partial charge in [-0.15, -0.1) is 0 Å². The zero-order valence-corrected chi connectivity index (χ0v) is 13.0. The summed E-state index contributed by atoms with van der Waals surface area (Å²) in [6.07, 6.45) is 2.16. The molecule has 0 saturated heterocycles. The Labute approximate surface area is 138 Å². The quantitative estimate of drug-likeness (QED) is 0.775. The zero-order valence-electron chi connectivity index (χ0n) is 12.2. The standard InChI is InChI=1S/C18H14ClN3O/c19-13-6-8-14(9-7-13)22-11-20-17-15(10-16(23)21-18(17)22)12-4-2-1-3-5-12/h1-9,11,15H,10H2,(H,21,23)/t15-/m1/s1. The summed E-state index contributed by atoms with van der Waals surface area (Å²) in [7, 11) is 0. The van der Waals surface area contributed by atoms with E-state index < -0.39 is 0 Å². The second-order valence-electron chi connectivity index (χ2n) is 5.54. The molecule has 1 amide bonds. The van der Waals surface area contributed by atoms with Crippen molar-refractivity contribution in [3.8, 4) is 5.69 Å². The maximum Gasteiger partial charge on any atom is 0.226 e. The Kier molecular flexibility index (Phi) is 3.39. The Balaban J connectivity index is 1.81. The molecule has 114 valence electrons. The molecular weight excluding hydrogens is 310 g/mol. The van der Waals surface area contributed by atoms with E-state index in [0.717, 1.165) is 22.8 Å². The number of hydrogen-bond acceptors (Lipinski definition) is 2. The number of nitrogens with zero attached hydrogens (tertiary/aromatic N) is 2. The monoisotopic (exact) mass is 323 g/mol. The summed E-state index contributed by atoms with van der Waals surface area (Å²) in [5, 5.41) is 3.62. The van der Waals surface area contributed by atoms with Gasteiger partial charge in [0.15, 0.2) is 0 Å². The smallest absolute Gasteiger partial charge is 0.226 e. The van der Waals surface area contributed by atoms with E-state index in [4.69, 9.17) is 11.6 Å². The predicted molar refractivity (Wildman–Crippen MR) is 90.1 cm³/mol. The topological polar surface area (TPSA) is 46.9 Å². The number of carbonyl (C=O) groups excluding carboxylic acids is 1. The van der Waals surface area contributed by atoms with Crippen molar-refractivity contribution in [2.24, 2.45) is 0 Å². The van der Waals surface area contributed by atoms with E-state index >= 15 is 0 Å². The molecule has 0 radical (unpaired) electrons. The molecule has 3 aromatic rings. The van der Waals surface area contributed by atoms with Gasteiger partial charge in [0, 0.05) is 23.0 Å². The van der Waals surface area contributed by atoms with Crippen molar-refractivity contribution in [2.45, 2.75) is 12.3 Å². The van der Waals surface area contributed by atoms with Crippen LogP contribution >= 0.6 is 11.6 Å². The maximum absolute atomic E-state index is 12.2. The molecule has 23 heavy (non-hydrogen) atoms. The van der Waals surface area contributed by atoms with Crippen LogP contribution in [0.3, 0.4) is 0 Å². The molecule has 0 saturated carbocycles. The van der Waals surface area contributed by atoms with Gasteiger partial charge in [0.2, 0.25) is 5.91 Å². The molecule has 0 spiro atoms. The lowest BCUT2D eigenvalue weighted by molar-refractivity contribution is -0.116. The van der Waals surface area contributed by atoms with Crippen LogP contribution in [0.2, 0.25) is 5.02 Å². The van der Waals surface area contributed by atoms with E-state index in [9.17, 15) is 4.79 Å². The van der Waals surface area contributed by atoms with Crippen molar-refractivity contribution in [3.63, 3.8) is 0 Å². The number of anilines is 1. The fraction of sp³-hybridized carbons (Fsp3) is 0.111. The summed E-state index contributed by atoms with van der Waals surface area (Å²) in [4.78, 5) is 16.7. The van der Waals surface area contributed by atoms with E-state index in [1.165, 1.54) is 0 Å². The van der Waals surface area contributed by atoms with Crippen LogP contribution in [-0.2, 0) is 4.79 Å². The number of carbonyl (C=O) groups is 1. The minimum atomic E-state index is -0.0199. The third kappa shape index (κ3) is 2.51. The molecule has 1 atom stereocenters. The highest BCUT2D eigenvalue weighted by Gasteiger charge is 2.30. The summed E-state index contributed by atoms with van der Waals surface area (Å²) in [6.45, 7) is 0. The van der Waals surface area contributed by atoms with Crippen LogP contribution in [0, 0.1) is 0 Å². The molecule has 1 aromatic heterocycles. The van der Waals surface area contributed by atoms with Crippen LogP contribution in [0.5, 0.6) is 0 Å². The highest BCUT2D eigenvalue weighted by Crippen LogP contribution is 2.37. The number of nitrogens with one attached hydrogen (secondary N) is 1. The lowest BCUT2D eigenvalue weighted by Gasteiger charge is -2.23.